The molecule has 4 aliphatic carbocycles. The lowest BCUT2D eigenvalue weighted by Gasteiger charge is -2.55. The Morgan fingerprint density at radius 3 is 2.62 bits per heavy atom. The van der Waals surface area contributed by atoms with Gasteiger partial charge in [-0.05, 0) is 93.8 Å². The van der Waals surface area contributed by atoms with Crippen LogP contribution in [0.15, 0.2) is 23.3 Å². The van der Waals surface area contributed by atoms with Crippen LogP contribution in [0.4, 0.5) is 0 Å². The Bertz CT molecular complexity index is 851. The topological polar surface area (TPSA) is 63.6 Å². The van der Waals surface area contributed by atoms with E-state index < -0.39 is 22.8 Å². The minimum absolute atomic E-state index is 0.171. The second-order valence-electron chi connectivity index (χ2n) is 12.1. The Morgan fingerprint density at radius 2 is 1.97 bits per heavy atom. The average Bonchev–Trinajstić information content (AvgIpc) is 3.19. The molecule has 4 nitrogen and oxygen atoms in total. The van der Waals surface area contributed by atoms with Gasteiger partial charge in [-0.3, -0.25) is 4.79 Å². The van der Waals surface area contributed by atoms with Gasteiger partial charge in [0.1, 0.15) is 0 Å². The maximum atomic E-state index is 13.1. The van der Waals surface area contributed by atoms with Crippen molar-refractivity contribution in [1.82, 2.24) is 0 Å². The zero-order valence-electron chi connectivity index (χ0n) is 20.9. The minimum Gasteiger partial charge on any atom is -0.467 e. The van der Waals surface area contributed by atoms with Crippen LogP contribution in [-0.4, -0.2) is 29.6 Å². The number of ketones is 1. The van der Waals surface area contributed by atoms with Gasteiger partial charge in [-0.15, -0.1) is 0 Å². The van der Waals surface area contributed by atoms with Crippen LogP contribution < -0.4 is 0 Å². The van der Waals surface area contributed by atoms with Crippen molar-refractivity contribution in [2.24, 2.45) is 40.4 Å². The third-order valence-corrected chi connectivity index (χ3v) is 10.2. The molecule has 0 aromatic rings. The number of methoxy groups -OCH3 is 1. The molecule has 4 rings (SSSR count). The molecule has 32 heavy (non-hydrogen) atoms. The highest BCUT2D eigenvalue weighted by Gasteiger charge is 2.67. The highest BCUT2D eigenvalue weighted by molar-refractivity contribution is 6.18. The molecule has 0 spiro atoms. The Balaban J connectivity index is 1.57. The lowest BCUT2D eigenvalue weighted by molar-refractivity contribution is -0.166. The SMILES string of the molecule is COC(=O)[C@]1(O)C[C@@]2(C)C(=CCC3C2CC[C@@]2(C)C3CC[C@@H]2C(C)CCC=C(C)C)C1=O. The second-order valence-corrected chi connectivity index (χ2v) is 12.1. The number of esters is 1. The summed E-state index contributed by atoms with van der Waals surface area (Å²) in [6.45, 7) is 11.5. The van der Waals surface area contributed by atoms with Crippen LogP contribution in [-0.2, 0) is 14.3 Å². The van der Waals surface area contributed by atoms with E-state index >= 15 is 0 Å². The van der Waals surface area contributed by atoms with Crippen molar-refractivity contribution in [3.63, 3.8) is 0 Å². The monoisotopic (exact) mass is 442 g/mol. The third kappa shape index (κ3) is 3.35. The van der Waals surface area contributed by atoms with E-state index in [9.17, 15) is 14.7 Å². The molecule has 3 fully saturated rings. The van der Waals surface area contributed by atoms with E-state index in [0.717, 1.165) is 24.7 Å². The number of aliphatic hydroxyl groups is 1. The average molecular weight is 443 g/mol. The van der Waals surface area contributed by atoms with Gasteiger partial charge in [0.25, 0.3) is 0 Å². The summed E-state index contributed by atoms with van der Waals surface area (Å²) in [5.41, 5.74) is -0.00152. The van der Waals surface area contributed by atoms with Crippen molar-refractivity contribution in [1.29, 1.82) is 0 Å². The Labute approximate surface area is 193 Å². The van der Waals surface area contributed by atoms with Crippen LogP contribution in [0.2, 0.25) is 0 Å². The molecular weight excluding hydrogens is 400 g/mol. The Kier molecular flexibility index (Phi) is 6.01. The van der Waals surface area contributed by atoms with Gasteiger partial charge >= 0.3 is 5.97 Å². The summed E-state index contributed by atoms with van der Waals surface area (Å²) in [4.78, 5) is 25.4. The highest BCUT2D eigenvalue weighted by atomic mass is 16.5. The van der Waals surface area contributed by atoms with Crippen LogP contribution in [0, 0.1) is 40.4 Å². The van der Waals surface area contributed by atoms with Crippen LogP contribution >= 0.6 is 0 Å². The molecule has 3 saturated carbocycles. The van der Waals surface area contributed by atoms with Crippen molar-refractivity contribution in [2.45, 2.75) is 91.6 Å². The molecule has 0 saturated heterocycles. The lowest BCUT2D eigenvalue weighted by atomic mass is 9.49. The standard InChI is InChI=1S/C28H42O4/c1-17(2)8-7-9-18(3)20-12-13-21-19-10-11-23-24(29)28(31,25(30)32-6)16-27(23,5)22(19)14-15-26(20,21)4/h8,11,18-22,31H,7,9-10,12-16H2,1-6H3/t18?,19?,20-,21?,22?,26-,27-,28+/m1/s1. The van der Waals surface area contributed by atoms with E-state index in [2.05, 4.69) is 46.8 Å². The van der Waals surface area contributed by atoms with Crippen molar-refractivity contribution in [2.75, 3.05) is 7.11 Å². The van der Waals surface area contributed by atoms with Gasteiger partial charge in [0.2, 0.25) is 11.4 Å². The summed E-state index contributed by atoms with van der Waals surface area (Å²) < 4.78 is 4.83. The zero-order chi connectivity index (χ0) is 23.5. The summed E-state index contributed by atoms with van der Waals surface area (Å²) >= 11 is 0. The third-order valence-electron chi connectivity index (χ3n) is 10.2. The molecule has 0 aliphatic heterocycles. The number of ether oxygens (including phenoxy) is 1. The minimum atomic E-state index is -2.01. The summed E-state index contributed by atoms with van der Waals surface area (Å²) in [5, 5.41) is 11.0. The quantitative estimate of drug-likeness (QED) is 0.340. The van der Waals surface area contributed by atoms with Crippen LogP contribution in [0.1, 0.15) is 86.0 Å². The smallest absolute Gasteiger partial charge is 0.346 e. The van der Waals surface area contributed by atoms with E-state index in [1.807, 2.05) is 0 Å². The summed E-state index contributed by atoms with van der Waals surface area (Å²) in [6, 6.07) is 0. The van der Waals surface area contributed by atoms with E-state index in [1.54, 1.807) is 0 Å². The van der Waals surface area contributed by atoms with Crippen molar-refractivity contribution >= 4 is 11.8 Å². The maximum absolute atomic E-state index is 13.1. The number of carbonyl (C=O) groups excluding carboxylic acids is 2. The Hall–Kier alpha value is -1.42. The molecule has 4 aliphatic rings. The van der Waals surface area contributed by atoms with E-state index in [4.69, 9.17) is 4.74 Å². The first kappa shape index (κ1) is 23.7. The fourth-order valence-electron chi connectivity index (χ4n) is 8.65. The fraction of sp³-hybridized carbons (Fsp3) is 0.786. The van der Waals surface area contributed by atoms with Crippen LogP contribution in [0.3, 0.4) is 0 Å². The molecule has 8 atom stereocenters. The first-order valence-electron chi connectivity index (χ1n) is 12.7. The number of hydrogen-bond donors (Lipinski definition) is 1. The predicted octanol–water partition coefficient (Wildman–Crippen LogP) is 5.64. The summed E-state index contributed by atoms with van der Waals surface area (Å²) in [6.07, 6.45) is 12.8. The van der Waals surface area contributed by atoms with E-state index in [-0.39, 0.29) is 6.42 Å². The van der Waals surface area contributed by atoms with Crippen molar-refractivity contribution in [3.05, 3.63) is 23.3 Å². The maximum Gasteiger partial charge on any atom is 0.346 e. The first-order valence-corrected chi connectivity index (χ1v) is 12.7. The van der Waals surface area contributed by atoms with Gasteiger partial charge in [-0.25, -0.2) is 4.79 Å². The van der Waals surface area contributed by atoms with Gasteiger partial charge < -0.3 is 9.84 Å². The number of hydrogen-bond acceptors (Lipinski definition) is 4. The van der Waals surface area contributed by atoms with Gasteiger partial charge in [-0.1, -0.05) is 38.5 Å². The number of allylic oxidation sites excluding steroid dienone is 3. The molecule has 0 aromatic heterocycles. The number of rotatable bonds is 5. The molecule has 1 N–H and O–H groups in total. The molecule has 0 bridgehead atoms. The zero-order valence-corrected chi connectivity index (χ0v) is 20.9. The number of fused-ring (bicyclic) bond motifs is 5. The molecule has 4 unspecified atom stereocenters. The van der Waals surface area contributed by atoms with E-state index in [0.29, 0.717) is 28.7 Å². The normalized spacial score (nSPS) is 43.6. The van der Waals surface area contributed by atoms with Crippen molar-refractivity contribution < 1.29 is 19.4 Å². The second kappa shape index (κ2) is 8.11. The molecule has 0 heterocycles. The van der Waals surface area contributed by atoms with Crippen LogP contribution in [0.25, 0.3) is 0 Å². The van der Waals surface area contributed by atoms with E-state index in [1.165, 1.54) is 44.8 Å². The molecule has 0 aromatic carbocycles. The summed E-state index contributed by atoms with van der Waals surface area (Å²) in [5.74, 6) is 1.80. The molecular formula is C28H42O4. The Morgan fingerprint density at radius 1 is 1.25 bits per heavy atom. The highest BCUT2D eigenvalue weighted by Crippen LogP contribution is 2.68. The molecule has 0 radical (unpaired) electrons. The summed E-state index contributed by atoms with van der Waals surface area (Å²) in [7, 11) is 1.25. The number of Topliss-reactive ketones (excluding diaryl/α,β-unsaturated/α-hetero) is 1. The lowest BCUT2D eigenvalue weighted by Crippen LogP contribution is -2.49. The molecule has 4 heteroatoms. The van der Waals surface area contributed by atoms with Gasteiger partial charge in [0.15, 0.2) is 0 Å². The predicted molar refractivity (Wildman–Crippen MR) is 126 cm³/mol. The van der Waals surface area contributed by atoms with Crippen molar-refractivity contribution in [3.8, 4) is 0 Å². The number of carbonyl (C=O) groups is 2. The largest absolute Gasteiger partial charge is 0.467 e. The fourth-order valence-corrected chi connectivity index (χ4v) is 8.65. The van der Waals surface area contributed by atoms with Gasteiger partial charge in [0.05, 0.1) is 7.11 Å². The van der Waals surface area contributed by atoms with Crippen LogP contribution in [0.5, 0.6) is 0 Å². The first-order chi connectivity index (χ1) is 15.0. The molecule has 0 amide bonds. The molecule has 178 valence electrons. The van der Waals surface area contributed by atoms with Gasteiger partial charge in [0, 0.05) is 17.4 Å². The van der Waals surface area contributed by atoms with Gasteiger partial charge in [-0.2, -0.15) is 0 Å².